The maximum atomic E-state index is 14.7. The number of aryl methyl sites for hydroxylation is 1. The van der Waals surface area contributed by atoms with E-state index in [1.54, 1.807) is 19.1 Å². The number of carbonyl (C=O) groups excluding carboxylic acids is 1. The van der Waals surface area contributed by atoms with Gasteiger partial charge < -0.3 is 10.4 Å². The molecule has 2 aromatic rings. The predicted molar refractivity (Wildman–Crippen MR) is 91.4 cm³/mol. The van der Waals surface area contributed by atoms with E-state index >= 15 is 0 Å². The van der Waals surface area contributed by atoms with Crippen LogP contribution in [0.3, 0.4) is 0 Å². The van der Waals surface area contributed by atoms with Gasteiger partial charge in [0.15, 0.2) is 0 Å². The Morgan fingerprint density at radius 2 is 1.84 bits per heavy atom. The number of phenols is 1. The molecule has 2 N–H and O–H groups in total. The molecule has 0 spiro atoms. The van der Waals surface area contributed by atoms with E-state index in [1.807, 2.05) is 0 Å². The third kappa shape index (κ3) is 3.50. The number of carbonyl (C=O) groups is 1. The molecule has 0 radical (unpaired) electrons. The molecule has 3 rings (SSSR count). The van der Waals surface area contributed by atoms with E-state index in [0.29, 0.717) is 5.56 Å². The molecular formula is C20H21F2NO2. The van der Waals surface area contributed by atoms with Crippen molar-refractivity contribution in [1.82, 2.24) is 5.32 Å². The van der Waals surface area contributed by atoms with Crippen molar-refractivity contribution in [2.45, 2.75) is 38.6 Å². The summed E-state index contributed by atoms with van der Waals surface area (Å²) in [6.45, 7) is 1.58. The van der Waals surface area contributed by atoms with Gasteiger partial charge in [0.05, 0.1) is 11.6 Å². The molecule has 25 heavy (non-hydrogen) atoms. The standard InChI is InChI=1S/C20H21F2NO2/c1-12-10-11-15(21)17(18(12)22)19(13-6-2-3-7-13)23-20(25)14-8-4-5-9-16(14)24/h4-5,8-11,13,19,24H,2-3,6-7H2,1H3,(H,23,25)/t19-/m0/s1. The van der Waals surface area contributed by atoms with Gasteiger partial charge in [0.25, 0.3) is 5.91 Å². The number of rotatable bonds is 4. The van der Waals surface area contributed by atoms with Gasteiger partial charge in [0.2, 0.25) is 0 Å². The van der Waals surface area contributed by atoms with Crippen LogP contribution in [-0.2, 0) is 0 Å². The second kappa shape index (κ2) is 7.21. The highest BCUT2D eigenvalue weighted by Crippen LogP contribution is 2.38. The Morgan fingerprint density at radius 1 is 1.16 bits per heavy atom. The second-order valence-electron chi connectivity index (χ2n) is 6.60. The maximum absolute atomic E-state index is 14.7. The summed E-state index contributed by atoms with van der Waals surface area (Å²) >= 11 is 0. The topological polar surface area (TPSA) is 49.3 Å². The summed E-state index contributed by atoms with van der Waals surface area (Å²) in [4.78, 5) is 12.6. The van der Waals surface area contributed by atoms with Crippen molar-refractivity contribution in [1.29, 1.82) is 0 Å². The Kier molecular flexibility index (Phi) is 5.02. The fourth-order valence-electron chi connectivity index (χ4n) is 3.56. The van der Waals surface area contributed by atoms with E-state index in [4.69, 9.17) is 0 Å². The van der Waals surface area contributed by atoms with Crippen molar-refractivity contribution in [3.05, 3.63) is 64.7 Å². The highest BCUT2D eigenvalue weighted by molar-refractivity contribution is 5.97. The van der Waals surface area contributed by atoms with Crippen LogP contribution in [0.4, 0.5) is 8.78 Å². The van der Waals surface area contributed by atoms with Crippen LogP contribution in [0.5, 0.6) is 5.75 Å². The normalized spacial score (nSPS) is 16.0. The van der Waals surface area contributed by atoms with Crippen LogP contribution < -0.4 is 5.32 Å². The first-order valence-electron chi connectivity index (χ1n) is 8.52. The van der Waals surface area contributed by atoms with Crippen LogP contribution in [-0.4, -0.2) is 11.0 Å². The Morgan fingerprint density at radius 3 is 2.52 bits per heavy atom. The summed E-state index contributed by atoms with van der Waals surface area (Å²) < 4.78 is 29.1. The first-order valence-corrected chi connectivity index (χ1v) is 8.52. The molecule has 0 unspecified atom stereocenters. The van der Waals surface area contributed by atoms with Crippen molar-refractivity contribution >= 4 is 5.91 Å². The summed E-state index contributed by atoms with van der Waals surface area (Å²) in [5.41, 5.74) is 0.353. The van der Waals surface area contributed by atoms with Gasteiger partial charge in [-0.1, -0.05) is 31.0 Å². The number of hydrogen-bond acceptors (Lipinski definition) is 2. The Labute approximate surface area is 145 Å². The number of nitrogens with one attached hydrogen (secondary N) is 1. The van der Waals surface area contributed by atoms with Crippen molar-refractivity contribution in [2.75, 3.05) is 0 Å². The van der Waals surface area contributed by atoms with Crippen LogP contribution in [0.1, 0.15) is 53.2 Å². The maximum Gasteiger partial charge on any atom is 0.255 e. The monoisotopic (exact) mass is 345 g/mol. The molecule has 2 aromatic carbocycles. The van der Waals surface area contributed by atoms with Gasteiger partial charge in [-0.25, -0.2) is 8.78 Å². The van der Waals surface area contributed by atoms with Gasteiger partial charge in [-0.2, -0.15) is 0 Å². The van der Waals surface area contributed by atoms with Gasteiger partial charge in [-0.05, 0) is 49.4 Å². The number of para-hydroxylation sites is 1. The minimum atomic E-state index is -0.755. The quantitative estimate of drug-likeness (QED) is 0.848. The van der Waals surface area contributed by atoms with E-state index in [1.165, 1.54) is 24.3 Å². The molecule has 1 fully saturated rings. The Hall–Kier alpha value is -2.43. The van der Waals surface area contributed by atoms with E-state index in [0.717, 1.165) is 25.7 Å². The van der Waals surface area contributed by atoms with Crippen LogP contribution in [0.25, 0.3) is 0 Å². The molecule has 1 saturated carbocycles. The first kappa shape index (κ1) is 17.4. The van der Waals surface area contributed by atoms with Crippen molar-refractivity contribution in [3.8, 4) is 5.75 Å². The lowest BCUT2D eigenvalue weighted by Gasteiger charge is -2.26. The first-order chi connectivity index (χ1) is 12.0. The highest BCUT2D eigenvalue weighted by Gasteiger charge is 2.32. The summed E-state index contributed by atoms with van der Waals surface area (Å²) in [6, 6.07) is 8.02. The lowest BCUT2D eigenvalue weighted by atomic mass is 9.89. The molecule has 0 aliphatic heterocycles. The minimum absolute atomic E-state index is 0.0272. The van der Waals surface area contributed by atoms with Crippen LogP contribution in [0.2, 0.25) is 0 Å². The van der Waals surface area contributed by atoms with E-state index < -0.39 is 23.6 Å². The molecule has 5 heteroatoms. The highest BCUT2D eigenvalue weighted by atomic mass is 19.1. The fourth-order valence-corrected chi connectivity index (χ4v) is 3.56. The molecule has 1 amide bonds. The van der Waals surface area contributed by atoms with Crippen molar-refractivity contribution < 1.29 is 18.7 Å². The molecule has 1 aliphatic carbocycles. The average molecular weight is 345 g/mol. The number of hydrogen-bond donors (Lipinski definition) is 2. The third-order valence-electron chi connectivity index (χ3n) is 4.94. The van der Waals surface area contributed by atoms with Crippen molar-refractivity contribution in [3.63, 3.8) is 0 Å². The fraction of sp³-hybridized carbons (Fsp3) is 0.350. The number of amides is 1. The largest absolute Gasteiger partial charge is 0.507 e. The third-order valence-corrected chi connectivity index (χ3v) is 4.94. The van der Waals surface area contributed by atoms with Crippen LogP contribution in [0.15, 0.2) is 36.4 Å². The molecule has 1 atom stereocenters. The molecule has 3 nitrogen and oxygen atoms in total. The molecule has 0 saturated heterocycles. The summed E-state index contributed by atoms with van der Waals surface area (Å²) in [5, 5.41) is 12.6. The zero-order chi connectivity index (χ0) is 18.0. The lowest BCUT2D eigenvalue weighted by molar-refractivity contribution is 0.0917. The number of aromatic hydroxyl groups is 1. The number of halogens is 2. The van der Waals surface area contributed by atoms with Crippen LogP contribution >= 0.6 is 0 Å². The molecule has 0 bridgehead atoms. The van der Waals surface area contributed by atoms with E-state index in [2.05, 4.69) is 5.32 Å². The lowest BCUT2D eigenvalue weighted by Crippen LogP contribution is -2.34. The van der Waals surface area contributed by atoms with E-state index in [-0.39, 0.29) is 22.8 Å². The predicted octanol–water partition coefficient (Wildman–Crippen LogP) is 4.64. The minimum Gasteiger partial charge on any atom is -0.507 e. The molecule has 0 heterocycles. The molecule has 0 aromatic heterocycles. The Balaban J connectivity index is 1.98. The number of benzene rings is 2. The van der Waals surface area contributed by atoms with Gasteiger partial charge in [-0.15, -0.1) is 0 Å². The zero-order valence-electron chi connectivity index (χ0n) is 14.1. The summed E-state index contributed by atoms with van der Waals surface area (Å²) in [6.07, 6.45) is 3.56. The van der Waals surface area contributed by atoms with E-state index in [9.17, 15) is 18.7 Å². The van der Waals surface area contributed by atoms with Crippen molar-refractivity contribution in [2.24, 2.45) is 5.92 Å². The molecule has 1 aliphatic rings. The van der Waals surface area contributed by atoms with Crippen LogP contribution in [0, 0.1) is 24.5 Å². The van der Waals surface area contributed by atoms with Gasteiger partial charge in [0.1, 0.15) is 17.4 Å². The Bertz CT molecular complexity index is 785. The SMILES string of the molecule is Cc1ccc(F)c([C@@H](NC(=O)c2ccccc2O)C2CCCC2)c1F. The summed E-state index contributed by atoms with van der Waals surface area (Å²) in [7, 11) is 0. The molecule has 132 valence electrons. The smallest absolute Gasteiger partial charge is 0.255 e. The van der Waals surface area contributed by atoms with Gasteiger partial charge in [-0.3, -0.25) is 4.79 Å². The second-order valence-corrected chi connectivity index (χ2v) is 6.60. The summed E-state index contributed by atoms with van der Waals surface area (Å²) in [5.74, 6) is -1.99. The molecular weight excluding hydrogens is 324 g/mol. The zero-order valence-corrected chi connectivity index (χ0v) is 14.1. The average Bonchev–Trinajstić information content (AvgIpc) is 3.12. The van der Waals surface area contributed by atoms with Gasteiger partial charge >= 0.3 is 0 Å². The van der Waals surface area contributed by atoms with Gasteiger partial charge in [0, 0.05) is 5.56 Å². The number of phenolic OH excluding ortho intramolecular Hbond substituents is 1.